The Balaban J connectivity index is 1.66. The maximum absolute atomic E-state index is 12.8. The molecule has 4 rings (SSSR count). The van der Waals surface area contributed by atoms with Gasteiger partial charge in [-0.05, 0) is 23.8 Å². The van der Waals surface area contributed by atoms with Crippen molar-refractivity contribution in [2.45, 2.75) is 5.92 Å². The summed E-state index contributed by atoms with van der Waals surface area (Å²) < 4.78 is 5.24. The van der Waals surface area contributed by atoms with E-state index in [4.69, 9.17) is 4.52 Å². The predicted octanol–water partition coefficient (Wildman–Crippen LogP) is 2.57. The van der Waals surface area contributed by atoms with Crippen LogP contribution in [0.15, 0.2) is 59.4 Å². The van der Waals surface area contributed by atoms with Crippen molar-refractivity contribution in [3.8, 4) is 11.3 Å². The molecule has 0 aliphatic carbocycles. The Morgan fingerprint density at radius 3 is 2.80 bits per heavy atom. The van der Waals surface area contributed by atoms with Gasteiger partial charge in [0.15, 0.2) is 11.5 Å². The van der Waals surface area contributed by atoms with E-state index in [-0.39, 0.29) is 12.2 Å². The fourth-order valence-corrected chi connectivity index (χ4v) is 2.97. The zero-order valence-corrected chi connectivity index (χ0v) is 13.0. The van der Waals surface area contributed by atoms with Crippen LogP contribution in [0.3, 0.4) is 0 Å². The van der Waals surface area contributed by atoms with Gasteiger partial charge in [-0.3, -0.25) is 14.6 Å². The Kier molecular flexibility index (Phi) is 3.53. The van der Waals surface area contributed by atoms with E-state index < -0.39 is 17.8 Å². The van der Waals surface area contributed by atoms with Crippen LogP contribution in [0.4, 0.5) is 5.69 Å². The van der Waals surface area contributed by atoms with E-state index in [0.29, 0.717) is 22.6 Å². The number of fused-ring (bicyclic) bond motifs is 1. The van der Waals surface area contributed by atoms with Crippen molar-refractivity contribution in [2.24, 2.45) is 0 Å². The molecule has 0 fully saturated rings. The van der Waals surface area contributed by atoms with Crippen molar-refractivity contribution in [1.82, 2.24) is 10.1 Å². The van der Waals surface area contributed by atoms with Gasteiger partial charge in [-0.1, -0.05) is 23.4 Å². The number of anilines is 1. The highest BCUT2D eigenvalue weighted by atomic mass is 16.5. The summed E-state index contributed by atoms with van der Waals surface area (Å²) in [5, 5.41) is 13.2. The monoisotopic (exact) mass is 335 g/mol. The average molecular weight is 335 g/mol. The standard InChI is InChI=1S/C18H13N3O4/c22-17(14-8-16(25-20-14)11-4-3-7-19-9-11)21-10-13(18(23)24)12-5-1-2-6-15(12)21/h1-9,13H,10H2,(H,23,24). The van der Waals surface area contributed by atoms with Crippen LogP contribution in [0, 0.1) is 0 Å². The first-order chi connectivity index (χ1) is 12.1. The van der Waals surface area contributed by atoms with E-state index in [1.807, 2.05) is 0 Å². The van der Waals surface area contributed by atoms with Gasteiger partial charge in [0.2, 0.25) is 0 Å². The van der Waals surface area contributed by atoms with Crippen LogP contribution in [0.25, 0.3) is 11.3 Å². The zero-order chi connectivity index (χ0) is 17.4. The number of carboxylic acid groups (broad SMARTS) is 1. The summed E-state index contributed by atoms with van der Waals surface area (Å²) in [5.74, 6) is -1.67. The first-order valence-electron chi connectivity index (χ1n) is 7.66. The molecule has 7 nitrogen and oxygen atoms in total. The minimum atomic E-state index is -0.959. The molecule has 25 heavy (non-hydrogen) atoms. The third kappa shape index (κ3) is 2.55. The molecular weight excluding hydrogens is 322 g/mol. The molecule has 3 aromatic rings. The van der Waals surface area contributed by atoms with Gasteiger partial charge in [-0.25, -0.2) is 0 Å². The molecule has 7 heteroatoms. The van der Waals surface area contributed by atoms with E-state index >= 15 is 0 Å². The van der Waals surface area contributed by atoms with E-state index in [1.165, 1.54) is 11.0 Å². The molecule has 0 saturated heterocycles. The highest BCUT2D eigenvalue weighted by Gasteiger charge is 2.37. The number of carbonyl (C=O) groups excluding carboxylic acids is 1. The van der Waals surface area contributed by atoms with Gasteiger partial charge in [-0.2, -0.15) is 0 Å². The van der Waals surface area contributed by atoms with Gasteiger partial charge in [-0.15, -0.1) is 0 Å². The number of carbonyl (C=O) groups is 2. The molecule has 2 aromatic heterocycles. The topological polar surface area (TPSA) is 96.5 Å². The summed E-state index contributed by atoms with van der Waals surface area (Å²) in [4.78, 5) is 29.7. The Labute approximate surface area is 142 Å². The molecule has 0 saturated carbocycles. The maximum Gasteiger partial charge on any atom is 0.312 e. The first kappa shape index (κ1) is 15.1. The second-order valence-corrected chi connectivity index (χ2v) is 5.68. The summed E-state index contributed by atoms with van der Waals surface area (Å²) in [6, 6.07) is 12.1. The Morgan fingerprint density at radius 1 is 1.20 bits per heavy atom. The van der Waals surface area contributed by atoms with Gasteiger partial charge in [0, 0.05) is 36.3 Å². The van der Waals surface area contributed by atoms with Gasteiger partial charge in [0.25, 0.3) is 5.91 Å². The summed E-state index contributed by atoms with van der Waals surface area (Å²) in [6.45, 7) is 0.0720. The summed E-state index contributed by atoms with van der Waals surface area (Å²) in [6.07, 6.45) is 3.25. The minimum absolute atomic E-state index is 0.0720. The van der Waals surface area contributed by atoms with Crippen molar-refractivity contribution < 1.29 is 19.2 Å². The molecule has 0 spiro atoms. The number of aromatic nitrogens is 2. The molecule has 1 N–H and O–H groups in total. The van der Waals surface area contributed by atoms with Crippen molar-refractivity contribution in [3.63, 3.8) is 0 Å². The van der Waals surface area contributed by atoms with Crippen LogP contribution >= 0.6 is 0 Å². The Morgan fingerprint density at radius 2 is 2.04 bits per heavy atom. The Hall–Kier alpha value is -3.48. The van der Waals surface area contributed by atoms with Crippen molar-refractivity contribution in [3.05, 3.63) is 66.1 Å². The fraction of sp³-hybridized carbons (Fsp3) is 0.111. The van der Waals surface area contributed by atoms with Crippen molar-refractivity contribution in [1.29, 1.82) is 0 Å². The van der Waals surface area contributed by atoms with Crippen molar-refractivity contribution in [2.75, 3.05) is 11.4 Å². The second kappa shape index (κ2) is 5.86. The van der Waals surface area contributed by atoms with Crippen LogP contribution < -0.4 is 4.90 Å². The smallest absolute Gasteiger partial charge is 0.312 e. The van der Waals surface area contributed by atoms with Gasteiger partial charge >= 0.3 is 5.97 Å². The third-order valence-electron chi connectivity index (χ3n) is 4.19. The average Bonchev–Trinajstić information content (AvgIpc) is 3.27. The molecule has 1 aliphatic heterocycles. The maximum atomic E-state index is 12.8. The highest BCUT2D eigenvalue weighted by molar-refractivity contribution is 6.08. The number of rotatable bonds is 3. The lowest BCUT2D eigenvalue weighted by Gasteiger charge is -2.15. The van der Waals surface area contributed by atoms with Crippen LogP contribution in [0.1, 0.15) is 22.0 Å². The molecule has 1 aliphatic rings. The molecule has 3 heterocycles. The molecule has 0 bridgehead atoms. The molecule has 1 atom stereocenters. The van der Waals surface area contributed by atoms with Gasteiger partial charge in [0.05, 0.1) is 0 Å². The number of benzene rings is 1. The van der Waals surface area contributed by atoms with E-state index in [9.17, 15) is 14.7 Å². The van der Waals surface area contributed by atoms with E-state index in [2.05, 4.69) is 10.1 Å². The number of aliphatic carboxylic acids is 1. The van der Waals surface area contributed by atoms with Crippen LogP contribution in [0.2, 0.25) is 0 Å². The number of nitrogens with zero attached hydrogens (tertiary/aromatic N) is 3. The van der Waals surface area contributed by atoms with E-state index in [1.54, 1.807) is 48.8 Å². The highest BCUT2D eigenvalue weighted by Crippen LogP contribution is 2.37. The minimum Gasteiger partial charge on any atom is -0.481 e. The third-order valence-corrected chi connectivity index (χ3v) is 4.19. The number of amides is 1. The predicted molar refractivity (Wildman–Crippen MR) is 88.2 cm³/mol. The van der Waals surface area contributed by atoms with E-state index in [0.717, 1.165) is 0 Å². The molecule has 1 unspecified atom stereocenters. The number of pyridine rings is 1. The number of carboxylic acids is 1. The lowest BCUT2D eigenvalue weighted by Crippen LogP contribution is -2.31. The largest absolute Gasteiger partial charge is 0.481 e. The second-order valence-electron chi connectivity index (χ2n) is 5.68. The lowest BCUT2D eigenvalue weighted by molar-refractivity contribution is -0.138. The number of hydrogen-bond donors (Lipinski definition) is 1. The van der Waals surface area contributed by atoms with Crippen LogP contribution in [0.5, 0.6) is 0 Å². The normalized spacial score (nSPS) is 15.8. The molecule has 1 amide bonds. The quantitative estimate of drug-likeness (QED) is 0.790. The zero-order valence-electron chi connectivity index (χ0n) is 13.0. The lowest BCUT2D eigenvalue weighted by atomic mass is 10.0. The van der Waals surface area contributed by atoms with Gasteiger partial charge < -0.3 is 14.5 Å². The first-order valence-corrected chi connectivity index (χ1v) is 7.66. The fourth-order valence-electron chi connectivity index (χ4n) is 2.97. The summed E-state index contributed by atoms with van der Waals surface area (Å²) in [5.41, 5.74) is 2.05. The Bertz CT molecular complexity index is 952. The van der Waals surface area contributed by atoms with Crippen LogP contribution in [-0.4, -0.2) is 33.7 Å². The molecule has 124 valence electrons. The molecular formula is C18H13N3O4. The SMILES string of the molecule is O=C(O)C1CN(C(=O)c2cc(-c3cccnc3)on2)c2ccccc21. The van der Waals surface area contributed by atoms with Gasteiger partial charge in [0.1, 0.15) is 5.92 Å². The van der Waals surface area contributed by atoms with Crippen molar-refractivity contribution >= 4 is 17.6 Å². The summed E-state index contributed by atoms with van der Waals surface area (Å²) >= 11 is 0. The summed E-state index contributed by atoms with van der Waals surface area (Å²) in [7, 11) is 0. The van der Waals surface area contributed by atoms with Crippen LogP contribution in [-0.2, 0) is 4.79 Å². The number of hydrogen-bond acceptors (Lipinski definition) is 5. The molecule has 1 aromatic carbocycles. The molecule has 0 radical (unpaired) electrons. The number of para-hydroxylation sites is 1.